The van der Waals surface area contributed by atoms with E-state index in [1.807, 2.05) is 0 Å². The van der Waals surface area contributed by atoms with Crippen LogP contribution in [0.25, 0.3) is 0 Å². The fourth-order valence-electron chi connectivity index (χ4n) is 0.145. The van der Waals surface area contributed by atoms with Gasteiger partial charge in [0.05, 0.1) is 0 Å². The van der Waals surface area contributed by atoms with Crippen LogP contribution in [0.5, 0.6) is 0 Å². The Morgan fingerprint density at radius 1 is 1.62 bits per heavy atom. The lowest BCUT2D eigenvalue weighted by molar-refractivity contribution is 0.237. The third-order valence-electron chi connectivity index (χ3n) is 0.374. The number of urea groups is 2. The highest BCUT2D eigenvalue weighted by atomic mass is 16.2. The normalized spacial score (nSPS) is 7.50. The monoisotopic (exact) mass is 115 g/mol. The molecule has 5 nitrogen and oxygen atoms in total. The second-order valence-corrected chi connectivity index (χ2v) is 0.953. The summed E-state index contributed by atoms with van der Waals surface area (Å²) in [5, 5.41) is 1.66. The SMILES string of the molecule is C=NC(=O)NC(N)=O. The summed E-state index contributed by atoms with van der Waals surface area (Å²) in [4.78, 5) is 22.6. The molecule has 0 rings (SSSR count). The van der Waals surface area contributed by atoms with Crippen LogP contribution < -0.4 is 11.1 Å². The number of nitrogens with zero attached hydrogens (tertiary/aromatic N) is 1. The first-order valence-electron chi connectivity index (χ1n) is 1.74. The molecular weight excluding hydrogens is 110 g/mol. The highest BCUT2D eigenvalue weighted by Gasteiger charge is 1.95. The van der Waals surface area contributed by atoms with E-state index in [0.717, 1.165) is 0 Å². The van der Waals surface area contributed by atoms with Crippen LogP contribution in [0.3, 0.4) is 0 Å². The summed E-state index contributed by atoms with van der Waals surface area (Å²) < 4.78 is 0. The van der Waals surface area contributed by atoms with E-state index in [-0.39, 0.29) is 0 Å². The Balaban J connectivity index is 3.55. The number of carbonyl (C=O) groups excluding carboxylic acids is 2. The van der Waals surface area contributed by atoms with Crippen molar-refractivity contribution < 1.29 is 9.59 Å². The maximum atomic E-state index is 9.98. The Bertz CT molecular complexity index is 130. The van der Waals surface area contributed by atoms with Crippen LogP contribution >= 0.6 is 0 Å². The van der Waals surface area contributed by atoms with Gasteiger partial charge in [-0.15, -0.1) is 0 Å². The number of imide groups is 1. The van der Waals surface area contributed by atoms with Crippen molar-refractivity contribution >= 4 is 18.8 Å². The molecule has 0 bridgehead atoms. The number of primary amides is 1. The number of aliphatic imine (C=N–C) groups is 1. The summed E-state index contributed by atoms with van der Waals surface area (Å²) in [5.41, 5.74) is 4.51. The van der Waals surface area contributed by atoms with Crippen molar-refractivity contribution in [2.75, 3.05) is 0 Å². The number of rotatable bonds is 0. The molecule has 0 aromatic heterocycles. The molecule has 0 heterocycles. The van der Waals surface area contributed by atoms with Gasteiger partial charge in [0.15, 0.2) is 0 Å². The quantitative estimate of drug-likeness (QED) is 0.416. The van der Waals surface area contributed by atoms with Gasteiger partial charge in [-0.05, 0) is 6.72 Å². The third-order valence-corrected chi connectivity index (χ3v) is 0.374. The van der Waals surface area contributed by atoms with Gasteiger partial charge in [0.2, 0.25) is 0 Å². The second-order valence-electron chi connectivity index (χ2n) is 0.953. The predicted molar refractivity (Wildman–Crippen MR) is 27.7 cm³/mol. The number of hydrogen-bond donors (Lipinski definition) is 2. The summed E-state index contributed by atoms with van der Waals surface area (Å²) in [6.07, 6.45) is 0. The Kier molecular flexibility index (Phi) is 2.25. The standard InChI is InChI=1S/C3H5N3O2/c1-5-3(8)6-2(4)7/h1H2,(H3,4,6,7,8). The first kappa shape index (κ1) is 6.61. The summed E-state index contributed by atoms with van der Waals surface area (Å²) in [6.45, 7) is 2.84. The van der Waals surface area contributed by atoms with Gasteiger partial charge >= 0.3 is 12.1 Å². The average molecular weight is 115 g/mol. The lowest BCUT2D eigenvalue weighted by Crippen LogP contribution is -2.32. The fourth-order valence-corrected chi connectivity index (χ4v) is 0.145. The van der Waals surface area contributed by atoms with E-state index < -0.39 is 12.1 Å². The Morgan fingerprint density at radius 2 is 2.12 bits per heavy atom. The van der Waals surface area contributed by atoms with Gasteiger partial charge in [0, 0.05) is 0 Å². The molecule has 0 aliphatic carbocycles. The molecule has 44 valence electrons. The van der Waals surface area contributed by atoms with Crippen LogP contribution in [0.4, 0.5) is 9.59 Å². The molecular formula is C3H5N3O2. The number of amides is 4. The Labute approximate surface area is 45.6 Å². The smallest absolute Gasteiger partial charge is 0.348 e. The van der Waals surface area contributed by atoms with Crippen LogP contribution in [0.1, 0.15) is 0 Å². The molecule has 0 atom stereocenters. The van der Waals surface area contributed by atoms with Crippen LogP contribution in [-0.4, -0.2) is 18.8 Å². The molecule has 0 fully saturated rings. The molecule has 3 N–H and O–H groups in total. The Hall–Kier alpha value is -1.39. The molecule has 0 aromatic carbocycles. The first-order valence-corrected chi connectivity index (χ1v) is 1.74. The van der Waals surface area contributed by atoms with Crippen LogP contribution in [0.2, 0.25) is 0 Å². The topological polar surface area (TPSA) is 84.6 Å². The fraction of sp³-hybridized carbons (Fsp3) is 0. The minimum atomic E-state index is -0.928. The highest BCUT2D eigenvalue weighted by Crippen LogP contribution is 1.66. The number of nitrogens with one attached hydrogen (secondary N) is 1. The molecule has 0 spiro atoms. The summed E-state index contributed by atoms with van der Waals surface area (Å²) >= 11 is 0. The van der Waals surface area contributed by atoms with Crippen molar-refractivity contribution in [1.29, 1.82) is 0 Å². The van der Waals surface area contributed by atoms with Crippen molar-refractivity contribution in [2.24, 2.45) is 10.7 Å². The molecule has 5 heteroatoms. The van der Waals surface area contributed by atoms with E-state index in [2.05, 4.69) is 17.4 Å². The lowest BCUT2D eigenvalue weighted by Gasteiger charge is -1.88. The third kappa shape index (κ3) is 2.83. The van der Waals surface area contributed by atoms with Gasteiger partial charge in [0.1, 0.15) is 0 Å². The summed E-state index contributed by atoms with van der Waals surface area (Å²) in [6, 6.07) is -1.76. The zero-order valence-electron chi connectivity index (χ0n) is 4.05. The molecule has 8 heavy (non-hydrogen) atoms. The van der Waals surface area contributed by atoms with E-state index in [1.165, 1.54) is 0 Å². The van der Waals surface area contributed by atoms with E-state index >= 15 is 0 Å². The lowest BCUT2D eigenvalue weighted by atomic mass is 10.9. The zero-order chi connectivity index (χ0) is 6.57. The van der Waals surface area contributed by atoms with Gasteiger partial charge < -0.3 is 5.73 Å². The molecule has 4 amide bonds. The van der Waals surface area contributed by atoms with Gasteiger partial charge in [-0.2, -0.15) is 0 Å². The molecule has 0 saturated carbocycles. The molecule has 0 aliphatic heterocycles. The van der Waals surface area contributed by atoms with Crippen LogP contribution in [-0.2, 0) is 0 Å². The van der Waals surface area contributed by atoms with E-state index in [4.69, 9.17) is 0 Å². The maximum absolute atomic E-state index is 9.98. The highest BCUT2D eigenvalue weighted by molar-refractivity contribution is 5.94. The second kappa shape index (κ2) is 2.73. The van der Waals surface area contributed by atoms with Crippen molar-refractivity contribution in [2.45, 2.75) is 0 Å². The molecule has 0 radical (unpaired) electrons. The number of nitrogens with two attached hydrogens (primary N) is 1. The van der Waals surface area contributed by atoms with Gasteiger partial charge in [-0.1, -0.05) is 0 Å². The Morgan fingerprint density at radius 3 is 2.25 bits per heavy atom. The maximum Gasteiger partial charge on any atom is 0.348 e. The number of carbonyl (C=O) groups is 2. The summed E-state index contributed by atoms with van der Waals surface area (Å²) in [7, 11) is 0. The van der Waals surface area contributed by atoms with Crippen molar-refractivity contribution in [3.63, 3.8) is 0 Å². The minimum Gasteiger partial charge on any atom is -0.351 e. The summed E-state index contributed by atoms with van der Waals surface area (Å²) in [5.74, 6) is 0. The van der Waals surface area contributed by atoms with E-state index in [0.29, 0.717) is 0 Å². The van der Waals surface area contributed by atoms with Gasteiger partial charge in [-0.25, -0.2) is 14.6 Å². The van der Waals surface area contributed by atoms with Gasteiger partial charge in [-0.3, -0.25) is 5.32 Å². The zero-order valence-corrected chi connectivity index (χ0v) is 4.05. The minimum absolute atomic E-state index is 0.836. The van der Waals surface area contributed by atoms with Crippen molar-refractivity contribution in [3.05, 3.63) is 0 Å². The van der Waals surface area contributed by atoms with E-state index in [1.54, 1.807) is 5.32 Å². The van der Waals surface area contributed by atoms with Gasteiger partial charge in [0.25, 0.3) is 0 Å². The largest absolute Gasteiger partial charge is 0.351 e. The molecule has 0 unspecified atom stereocenters. The molecule has 0 saturated heterocycles. The van der Waals surface area contributed by atoms with Crippen molar-refractivity contribution in [3.8, 4) is 0 Å². The average Bonchev–Trinajstić information content (AvgIpc) is 1.65. The molecule has 0 aromatic rings. The van der Waals surface area contributed by atoms with Crippen molar-refractivity contribution in [1.82, 2.24) is 5.32 Å². The first-order chi connectivity index (χ1) is 3.66. The van der Waals surface area contributed by atoms with Crippen LogP contribution in [0, 0.1) is 0 Å². The molecule has 0 aliphatic rings. The predicted octanol–water partition coefficient (Wildman–Crippen LogP) is -0.525. The van der Waals surface area contributed by atoms with Crippen LogP contribution in [0.15, 0.2) is 4.99 Å². The van der Waals surface area contributed by atoms with E-state index in [9.17, 15) is 9.59 Å². The number of hydrogen-bond acceptors (Lipinski definition) is 2.